The molecule has 150 valence electrons. The molecule has 0 unspecified atom stereocenters. The van der Waals surface area contributed by atoms with Gasteiger partial charge in [-0.2, -0.15) is 0 Å². The lowest BCUT2D eigenvalue weighted by Gasteiger charge is -2.33. The predicted molar refractivity (Wildman–Crippen MR) is 113 cm³/mol. The minimum atomic E-state index is -0.510. The van der Waals surface area contributed by atoms with Gasteiger partial charge in [-0.15, -0.1) is 0 Å². The molecule has 0 bridgehead atoms. The van der Waals surface area contributed by atoms with Gasteiger partial charge in [0.25, 0.3) is 5.56 Å². The monoisotopic (exact) mass is 411 g/mol. The Bertz CT molecular complexity index is 1110. The molecule has 0 spiro atoms. The lowest BCUT2D eigenvalue weighted by molar-refractivity contribution is -0.131. The minimum absolute atomic E-state index is 0.0182. The number of fused-ring (bicyclic) bond motifs is 1. The molecule has 0 radical (unpaired) electrons. The molecule has 4 rings (SSSR count). The summed E-state index contributed by atoms with van der Waals surface area (Å²) in [6, 6.07) is 13.3. The van der Waals surface area contributed by atoms with E-state index in [9.17, 15) is 14.0 Å². The smallest absolute Gasteiger partial charge is 0.266 e. The second kappa shape index (κ2) is 8.37. The summed E-state index contributed by atoms with van der Waals surface area (Å²) in [5.74, 6) is -0.335. The molecule has 2 aromatic carbocycles. The molecule has 1 aliphatic rings. The summed E-state index contributed by atoms with van der Waals surface area (Å²) >= 11 is 1.18. The fourth-order valence-electron chi connectivity index (χ4n) is 3.73. The first-order valence-electron chi connectivity index (χ1n) is 9.75. The summed E-state index contributed by atoms with van der Waals surface area (Å²) < 4.78 is 15.8. The molecule has 7 heteroatoms. The van der Waals surface area contributed by atoms with Crippen molar-refractivity contribution in [2.45, 2.75) is 37.4 Å². The number of para-hydroxylation sites is 2. The van der Waals surface area contributed by atoms with Crippen LogP contribution in [-0.2, 0) is 4.79 Å². The number of likely N-dealkylation sites (tertiary alicyclic amines) is 1. The van der Waals surface area contributed by atoms with Gasteiger partial charge < -0.3 is 4.90 Å². The Hall–Kier alpha value is -2.67. The number of benzene rings is 2. The molecule has 1 aliphatic heterocycles. The van der Waals surface area contributed by atoms with Crippen LogP contribution >= 0.6 is 11.8 Å². The van der Waals surface area contributed by atoms with Crippen molar-refractivity contribution in [2.75, 3.05) is 12.3 Å². The number of piperidine rings is 1. The number of carbonyl (C=O) groups excluding carboxylic acids is 1. The van der Waals surface area contributed by atoms with Crippen molar-refractivity contribution >= 4 is 28.6 Å². The van der Waals surface area contributed by atoms with Gasteiger partial charge in [-0.3, -0.25) is 14.2 Å². The molecule has 1 aromatic heterocycles. The first kappa shape index (κ1) is 19.6. The van der Waals surface area contributed by atoms with Crippen molar-refractivity contribution < 1.29 is 9.18 Å². The van der Waals surface area contributed by atoms with Gasteiger partial charge in [-0.05, 0) is 50.5 Å². The number of nitrogens with zero attached hydrogens (tertiary/aromatic N) is 3. The summed E-state index contributed by atoms with van der Waals surface area (Å²) in [5.41, 5.74) is 0.324. The van der Waals surface area contributed by atoms with Crippen molar-refractivity contribution in [2.24, 2.45) is 0 Å². The number of rotatable bonds is 4. The average molecular weight is 412 g/mol. The summed E-state index contributed by atoms with van der Waals surface area (Å²) in [7, 11) is 0. The zero-order chi connectivity index (χ0) is 20.4. The second-order valence-electron chi connectivity index (χ2n) is 7.22. The Morgan fingerprint density at radius 3 is 2.72 bits per heavy atom. The number of thioether (sulfide) groups is 1. The Kier molecular flexibility index (Phi) is 5.67. The third kappa shape index (κ3) is 3.92. The lowest BCUT2D eigenvalue weighted by Crippen LogP contribution is -2.43. The van der Waals surface area contributed by atoms with Crippen LogP contribution in [0.1, 0.15) is 26.2 Å². The third-order valence-corrected chi connectivity index (χ3v) is 6.21. The quantitative estimate of drug-likeness (QED) is 0.481. The van der Waals surface area contributed by atoms with E-state index in [-0.39, 0.29) is 28.9 Å². The maximum atomic E-state index is 14.5. The fraction of sp³-hybridized carbons (Fsp3) is 0.318. The van der Waals surface area contributed by atoms with E-state index in [4.69, 9.17) is 0 Å². The first-order chi connectivity index (χ1) is 14.1. The molecule has 3 aromatic rings. The summed E-state index contributed by atoms with van der Waals surface area (Å²) in [5, 5.41) is 0.730. The topological polar surface area (TPSA) is 55.2 Å². The van der Waals surface area contributed by atoms with Crippen molar-refractivity contribution in [1.29, 1.82) is 0 Å². The zero-order valence-corrected chi connectivity index (χ0v) is 17.0. The van der Waals surface area contributed by atoms with E-state index in [1.54, 1.807) is 42.5 Å². The lowest BCUT2D eigenvalue weighted by atomic mass is 10.0. The van der Waals surface area contributed by atoms with Gasteiger partial charge in [-0.1, -0.05) is 36.0 Å². The molecule has 0 aliphatic carbocycles. The Labute approximate surface area is 172 Å². The molecule has 1 atom stereocenters. The van der Waals surface area contributed by atoms with Crippen LogP contribution in [0.25, 0.3) is 16.6 Å². The highest BCUT2D eigenvalue weighted by atomic mass is 32.2. The number of halogens is 1. The van der Waals surface area contributed by atoms with E-state index in [2.05, 4.69) is 11.9 Å². The molecule has 0 N–H and O–H groups in total. The molecule has 1 amide bonds. The van der Waals surface area contributed by atoms with E-state index in [0.717, 1.165) is 25.8 Å². The summed E-state index contributed by atoms with van der Waals surface area (Å²) in [6.45, 7) is 2.82. The molecule has 29 heavy (non-hydrogen) atoms. The van der Waals surface area contributed by atoms with Gasteiger partial charge in [0.05, 0.1) is 22.3 Å². The van der Waals surface area contributed by atoms with Crippen molar-refractivity contribution in [1.82, 2.24) is 14.5 Å². The Balaban J connectivity index is 1.73. The highest BCUT2D eigenvalue weighted by Crippen LogP contribution is 2.24. The largest absolute Gasteiger partial charge is 0.339 e. The van der Waals surface area contributed by atoms with Crippen molar-refractivity contribution in [3.63, 3.8) is 0 Å². The van der Waals surface area contributed by atoms with Crippen LogP contribution in [0.3, 0.4) is 0 Å². The van der Waals surface area contributed by atoms with Gasteiger partial charge in [-0.25, -0.2) is 9.37 Å². The van der Waals surface area contributed by atoms with E-state index >= 15 is 0 Å². The maximum absolute atomic E-state index is 14.5. The number of carbonyl (C=O) groups is 1. The van der Waals surface area contributed by atoms with Crippen LogP contribution in [-0.4, -0.2) is 38.7 Å². The molecule has 2 heterocycles. The maximum Gasteiger partial charge on any atom is 0.266 e. The summed E-state index contributed by atoms with van der Waals surface area (Å²) in [6.07, 6.45) is 3.15. The van der Waals surface area contributed by atoms with Gasteiger partial charge >= 0.3 is 0 Å². The number of aromatic nitrogens is 2. The molecular formula is C22H22FN3O2S. The zero-order valence-electron chi connectivity index (χ0n) is 16.2. The van der Waals surface area contributed by atoms with Crippen LogP contribution in [0, 0.1) is 5.82 Å². The van der Waals surface area contributed by atoms with E-state index in [1.165, 1.54) is 22.4 Å². The van der Waals surface area contributed by atoms with Gasteiger partial charge in [0.15, 0.2) is 5.16 Å². The highest BCUT2D eigenvalue weighted by molar-refractivity contribution is 7.99. The summed E-state index contributed by atoms with van der Waals surface area (Å²) in [4.78, 5) is 32.4. The Morgan fingerprint density at radius 2 is 1.93 bits per heavy atom. The average Bonchev–Trinajstić information content (AvgIpc) is 2.73. The first-order valence-corrected chi connectivity index (χ1v) is 10.7. The second-order valence-corrected chi connectivity index (χ2v) is 8.17. The third-order valence-electron chi connectivity index (χ3n) is 5.29. The van der Waals surface area contributed by atoms with Crippen LogP contribution in [0.5, 0.6) is 0 Å². The predicted octanol–water partition coefficient (Wildman–Crippen LogP) is 4.02. The van der Waals surface area contributed by atoms with Gasteiger partial charge in [0.2, 0.25) is 5.91 Å². The van der Waals surface area contributed by atoms with Crippen LogP contribution in [0.15, 0.2) is 58.5 Å². The van der Waals surface area contributed by atoms with E-state index in [0.29, 0.717) is 16.1 Å². The molecule has 1 saturated heterocycles. The fourth-order valence-corrected chi connectivity index (χ4v) is 4.62. The van der Waals surface area contributed by atoms with Gasteiger partial charge in [0.1, 0.15) is 5.82 Å². The normalized spacial score (nSPS) is 16.9. The Morgan fingerprint density at radius 1 is 1.17 bits per heavy atom. The standard InChI is InChI=1S/C22H22FN3O2S/c1-15-8-6-7-13-25(15)20(27)14-29-22-24-18-11-4-2-9-16(18)21(28)26(22)19-12-5-3-10-17(19)23/h2-5,9-12,15H,6-8,13-14H2,1H3/t15-/m0/s1. The van der Waals surface area contributed by atoms with Crippen molar-refractivity contribution in [3.05, 3.63) is 64.7 Å². The van der Waals surface area contributed by atoms with E-state index in [1.807, 2.05) is 4.90 Å². The van der Waals surface area contributed by atoms with E-state index < -0.39 is 5.82 Å². The van der Waals surface area contributed by atoms with Gasteiger partial charge in [0, 0.05) is 12.6 Å². The number of hydrogen-bond donors (Lipinski definition) is 0. The molecule has 1 fully saturated rings. The van der Waals surface area contributed by atoms with Crippen LogP contribution in [0.2, 0.25) is 0 Å². The molecule has 5 nitrogen and oxygen atoms in total. The minimum Gasteiger partial charge on any atom is -0.339 e. The highest BCUT2D eigenvalue weighted by Gasteiger charge is 2.24. The number of amides is 1. The molecular weight excluding hydrogens is 389 g/mol. The van der Waals surface area contributed by atoms with Crippen LogP contribution in [0.4, 0.5) is 4.39 Å². The molecule has 0 saturated carbocycles. The van der Waals surface area contributed by atoms with Crippen molar-refractivity contribution in [3.8, 4) is 5.69 Å². The SMILES string of the molecule is C[C@H]1CCCCN1C(=O)CSc1nc2ccccc2c(=O)n1-c1ccccc1F. The van der Waals surface area contributed by atoms with Crippen LogP contribution < -0.4 is 5.56 Å². The number of hydrogen-bond acceptors (Lipinski definition) is 4.